The number of amides is 1. The van der Waals surface area contributed by atoms with Gasteiger partial charge >= 0.3 is 11.7 Å². The van der Waals surface area contributed by atoms with Crippen molar-refractivity contribution in [2.24, 2.45) is 7.05 Å². The smallest absolute Gasteiger partial charge is 0.420 e. The summed E-state index contributed by atoms with van der Waals surface area (Å²) in [5, 5.41) is 16.2. The minimum absolute atomic E-state index is 0.0918. The van der Waals surface area contributed by atoms with Crippen molar-refractivity contribution in [1.29, 1.82) is 0 Å². The average Bonchev–Trinajstić information content (AvgIpc) is 3.10. The van der Waals surface area contributed by atoms with Crippen LogP contribution in [0.15, 0.2) is 39.7 Å². The maximum atomic E-state index is 12.6. The highest BCUT2D eigenvalue weighted by molar-refractivity contribution is 5.87. The van der Waals surface area contributed by atoms with Crippen LogP contribution in [0, 0.1) is 6.92 Å². The van der Waals surface area contributed by atoms with Crippen molar-refractivity contribution in [1.82, 2.24) is 19.7 Å². The molecule has 1 amide bonds. The molecule has 3 rings (SSSR count). The van der Waals surface area contributed by atoms with E-state index in [-0.39, 0.29) is 6.42 Å². The van der Waals surface area contributed by atoms with Crippen molar-refractivity contribution in [2.45, 2.75) is 32.4 Å². The number of nitrogens with zero attached hydrogens (tertiary/aromatic N) is 3. The van der Waals surface area contributed by atoms with E-state index in [9.17, 15) is 19.5 Å². The molecule has 27 heavy (non-hydrogen) atoms. The molecule has 2 unspecified atom stereocenters. The van der Waals surface area contributed by atoms with Gasteiger partial charge in [-0.05, 0) is 31.5 Å². The number of aryl methyl sites for hydroxylation is 2. The Bertz CT molecular complexity index is 1060. The number of rotatable bonds is 6. The van der Waals surface area contributed by atoms with Gasteiger partial charge in [-0.25, -0.2) is 9.59 Å². The number of carboxylic acids is 1. The Morgan fingerprint density at radius 3 is 2.67 bits per heavy atom. The van der Waals surface area contributed by atoms with Crippen LogP contribution in [0.2, 0.25) is 0 Å². The highest BCUT2D eigenvalue weighted by Crippen LogP contribution is 2.17. The van der Waals surface area contributed by atoms with Crippen LogP contribution in [0.25, 0.3) is 11.1 Å². The van der Waals surface area contributed by atoms with E-state index in [0.717, 1.165) is 5.56 Å². The summed E-state index contributed by atoms with van der Waals surface area (Å²) in [4.78, 5) is 36.4. The SMILES string of the molecule is Cc1nn(C)cc1CC(NC(=O)C(C)n1c(=O)oc2ccccc21)C(=O)O. The second kappa shape index (κ2) is 7.10. The lowest BCUT2D eigenvalue weighted by atomic mass is 10.1. The maximum Gasteiger partial charge on any atom is 0.420 e. The number of fused-ring (bicyclic) bond motifs is 1. The first-order chi connectivity index (χ1) is 12.8. The van der Waals surface area contributed by atoms with Crippen LogP contribution < -0.4 is 11.1 Å². The third-order valence-corrected chi connectivity index (χ3v) is 4.44. The monoisotopic (exact) mass is 372 g/mol. The Kier molecular flexibility index (Phi) is 4.85. The van der Waals surface area contributed by atoms with Crippen molar-refractivity contribution in [3.63, 3.8) is 0 Å². The number of carbonyl (C=O) groups excluding carboxylic acids is 1. The molecule has 0 fully saturated rings. The molecular weight excluding hydrogens is 352 g/mol. The number of para-hydroxylation sites is 2. The summed E-state index contributed by atoms with van der Waals surface area (Å²) in [5.74, 6) is -2.42. The van der Waals surface area contributed by atoms with E-state index < -0.39 is 29.7 Å². The lowest BCUT2D eigenvalue weighted by Gasteiger charge is -2.18. The van der Waals surface area contributed by atoms with Gasteiger partial charge in [0.05, 0.1) is 11.2 Å². The topological polar surface area (TPSA) is 119 Å². The van der Waals surface area contributed by atoms with Gasteiger partial charge in [0.25, 0.3) is 0 Å². The Balaban J connectivity index is 1.83. The predicted molar refractivity (Wildman–Crippen MR) is 96.4 cm³/mol. The predicted octanol–water partition coefficient (Wildman–Crippen LogP) is 1.01. The van der Waals surface area contributed by atoms with Gasteiger partial charge in [0.2, 0.25) is 5.91 Å². The Morgan fingerprint density at radius 2 is 2.04 bits per heavy atom. The maximum absolute atomic E-state index is 12.6. The number of aromatic nitrogens is 3. The van der Waals surface area contributed by atoms with Crippen LogP contribution in [0.4, 0.5) is 0 Å². The lowest BCUT2D eigenvalue weighted by molar-refractivity contribution is -0.142. The van der Waals surface area contributed by atoms with Crippen molar-refractivity contribution in [3.05, 3.63) is 52.3 Å². The highest BCUT2D eigenvalue weighted by Gasteiger charge is 2.27. The molecule has 3 aromatic rings. The Labute approximate surface area is 154 Å². The molecule has 2 aromatic heterocycles. The number of oxazole rings is 1. The highest BCUT2D eigenvalue weighted by atomic mass is 16.4. The zero-order valence-corrected chi connectivity index (χ0v) is 15.2. The molecule has 2 N–H and O–H groups in total. The molecule has 142 valence electrons. The normalized spacial score (nSPS) is 13.4. The van der Waals surface area contributed by atoms with Crippen LogP contribution in [-0.2, 0) is 23.1 Å². The first kappa shape index (κ1) is 18.4. The van der Waals surface area contributed by atoms with Gasteiger partial charge in [-0.15, -0.1) is 0 Å². The molecule has 0 bridgehead atoms. The number of hydrogen-bond acceptors (Lipinski definition) is 5. The summed E-state index contributed by atoms with van der Waals surface area (Å²) in [7, 11) is 1.74. The van der Waals surface area contributed by atoms with Gasteiger partial charge in [0.1, 0.15) is 12.1 Å². The van der Waals surface area contributed by atoms with E-state index in [1.165, 1.54) is 11.5 Å². The van der Waals surface area contributed by atoms with E-state index in [4.69, 9.17) is 4.42 Å². The zero-order chi connectivity index (χ0) is 19.7. The minimum Gasteiger partial charge on any atom is -0.480 e. The third-order valence-electron chi connectivity index (χ3n) is 4.44. The van der Waals surface area contributed by atoms with Gasteiger partial charge in [-0.2, -0.15) is 5.10 Å². The van der Waals surface area contributed by atoms with E-state index in [2.05, 4.69) is 10.4 Å². The zero-order valence-electron chi connectivity index (χ0n) is 15.2. The largest absolute Gasteiger partial charge is 0.480 e. The van der Waals surface area contributed by atoms with Gasteiger partial charge < -0.3 is 14.8 Å². The van der Waals surface area contributed by atoms with Crippen LogP contribution in [-0.4, -0.2) is 37.4 Å². The van der Waals surface area contributed by atoms with Crippen molar-refractivity contribution in [2.75, 3.05) is 0 Å². The molecule has 0 saturated carbocycles. The van der Waals surface area contributed by atoms with Crippen molar-refractivity contribution >= 4 is 23.0 Å². The lowest BCUT2D eigenvalue weighted by Crippen LogP contribution is -2.45. The number of hydrogen-bond donors (Lipinski definition) is 2. The van der Waals surface area contributed by atoms with Crippen molar-refractivity contribution in [3.8, 4) is 0 Å². The average molecular weight is 372 g/mol. The third kappa shape index (κ3) is 3.62. The van der Waals surface area contributed by atoms with E-state index in [0.29, 0.717) is 16.8 Å². The quantitative estimate of drug-likeness (QED) is 0.666. The molecule has 0 aliphatic carbocycles. The fourth-order valence-electron chi connectivity index (χ4n) is 3.03. The first-order valence-corrected chi connectivity index (χ1v) is 8.40. The fourth-order valence-corrected chi connectivity index (χ4v) is 3.03. The molecule has 9 nitrogen and oxygen atoms in total. The molecule has 0 saturated heterocycles. The summed E-state index contributed by atoms with van der Waals surface area (Å²) >= 11 is 0. The molecule has 0 aliphatic rings. The van der Waals surface area contributed by atoms with Gasteiger partial charge in [-0.3, -0.25) is 14.0 Å². The number of nitrogens with one attached hydrogen (secondary N) is 1. The van der Waals surface area contributed by atoms with Crippen LogP contribution in [0.5, 0.6) is 0 Å². The number of aliphatic carboxylic acids is 1. The van der Waals surface area contributed by atoms with Gasteiger partial charge in [-0.1, -0.05) is 12.1 Å². The Hall–Kier alpha value is -3.36. The summed E-state index contributed by atoms with van der Waals surface area (Å²) in [5.41, 5.74) is 2.26. The van der Waals surface area contributed by atoms with Crippen LogP contribution in [0.1, 0.15) is 24.2 Å². The van der Waals surface area contributed by atoms with E-state index >= 15 is 0 Å². The molecule has 0 radical (unpaired) electrons. The molecule has 2 heterocycles. The van der Waals surface area contributed by atoms with Crippen LogP contribution >= 0.6 is 0 Å². The molecule has 1 aromatic carbocycles. The number of carbonyl (C=O) groups is 2. The fraction of sp³-hybridized carbons (Fsp3) is 0.333. The van der Waals surface area contributed by atoms with Gasteiger partial charge in [0.15, 0.2) is 5.58 Å². The standard InChI is InChI=1S/C18H20N4O5/c1-10-12(9-21(3)20-10)8-13(17(24)25)19-16(23)11(2)22-14-6-4-5-7-15(14)27-18(22)26/h4-7,9,11,13H,8H2,1-3H3,(H,19,23)(H,24,25). The summed E-state index contributed by atoms with van der Waals surface area (Å²) < 4.78 is 7.93. The summed E-state index contributed by atoms with van der Waals surface area (Å²) in [6.45, 7) is 3.29. The molecule has 0 spiro atoms. The van der Waals surface area contributed by atoms with Crippen molar-refractivity contribution < 1.29 is 19.1 Å². The van der Waals surface area contributed by atoms with E-state index in [1.807, 2.05) is 0 Å². The first-order valence-electron chi connectivity index (χ1n) is 8.40. The molecular formula is C18H20N4O5. The molecule has 0 aliphatic heterocycles. The second-order valence-corrected chi connectivity index (χ2v) is 6.40. The summed E-state index contributed by atoms with van der Waals surface area (Å²) in [6, 6.07) is 4.66. The molecule has 9 heteroatoms. The number of benzene rings is 1. The Morgan fingerprint density at radius 1 is 1.33 bits per heavy atom. The second-order valence-electron chi connectivity index (χ2n) is 6.40. The van der Waals surface area contributed by atoms with Crippen LogP contribution in [0.3, 0.4) is 0 Å². The summed E-state index contributed by atoms with van der Waals surface area (Å²) in [6.07, 6.45) is 1.81. The number of carboxylic acid groups (broad SMARTS) is 1. The van der Waals surface area contributed by atoms with Gasteiger partial charge in [0, 0.05) is 19.7 Å². The van der Waals surface area contributed by atoms with E-state index in [1.54, 1.807) is 49.1 Å². The minimum atomic E-state index is -1.16. The molecule has 2 atom stereocenters.